The van der Waals surface area contributed by atoms with Crippen LogP contribution >= 0.6 is 0 Å². The van der Waals surface area contributed by atoms with Crippen LogP contribution in [0.1, 0.15) is 60.9 Å². The van der Waals surface area contributed by atoms with Gasteiger partial charge in [-0.05, 0) is 59.1 Å². The normalized spacial score (nSPS) is 11.7. The molecule has 2 rings (SSSR count). The number of nitrogens with zero attached hydrogens (tertiary/aromatic N) is 1. The van der Waals surface area contributed by atoms with Gasteiger partial charge in [-0.2, -0.15) is 0 Å². The van der Waals surface area contributed by atoms with Gasteiger partial charge in [0.25, 0.3) is 5.91 Å². The van der Waals surface area contributed by atoms with Crippen LogP contribution in [0.15, 0.2) is 16.5 Å². The van der Waals surface area contributed by atoms with Gasteiger partial charge in [0.05, 0.1) is 0 Å². The molecule has 0 radical (unpaired) electrons. The summed E-state index contributed by atoms with van der Waals surface area (Å²) in [7, 11) is 1.73. The molecule has 26 heavy (non-hydrogen) atoms. The van der Waals surface area contributed by atoms with Gasteiger partial charge >= 0.3 is 5.97 Å². The number of esters is 1. The van der Waals surface area contributed by atoms with E-state index in [0.29, 0.717) is 18.7 Å². The summed E-state index contributed by atoms with van der Waals surface area (Å²) in [5.74, 6) is -0.0385. The maximum absolute atomic E-state index is 12.8. The average molecular weight is 359 g/mol. The fourth-order valence-electron chi connectivity index (χ4n) is 3.01. The minimum absolute atomic E-state index is 0.165. The number of benzene rings is 1. The molecule has 0 N–H and O–H groups in total. The molecule has 1 amide bonds. The number of rotatable bonds is 5. The van der Waals surface area contributed by atoms with Crippen LogP contribution in [0.2, 0.25) is 0 Å². The number of ether oxygens (including phenoxy) is 1. The molecule has 0 saturated heterocycles. The number of hydrogen-bond acceptors (Lipinski definition) is 4. The predicted octanol–water partition coefficient (Wildman–Crippen LogP) is 4.55. The summed E-state index contributed by atoms with van der Waals surface area (Å²) in [6, 6.07) is 4.04. The van der Waals surface area contributed by atoms with Crippen molar-refractivity contribution < 1.29 is 18.7 Å². The average Bonchev–Trinajstić information content (AvgIpc) is 2.87. The number of furan rings is 1. The first-order chi connectivity index (χ1) is 12.0. The first-order valence-corrected chi connectivity index (χ1v) is 8.98. The Labute approximate surface area is 155 Å². The molecule has 0 saturated carbocycles. The lowest BCUT2D eigenvalue weighted by molar-refractivity contribution is -0.154. The first-order valence-electron chi connectivity index (χ1n) is 8.98. The molecule has 142 valence electrons. The third-order valence-electron chi connectivity index (χ3n) is 4.32. The molecule has 0 unspecified atom stereocenters. The highest BCUT2D eigenvalue weighted by Crippen LogP contribution is 2.31. The molecule has 1 aromatic carbocycles. The quantitative estimate of drug-likeness (QED) is 0.735. The van der Waals surface area contributed by atoms with Crippen LogP contribution in [0.3, 0.4) is 0 Å². The molecular weight excluding hydrogens is 330 g/mol. The molecule has 0 aliphatic carbocycles. The first kappa shape index (κ1) is 20.0. The Hall–Kier alpha value is -2.30. The minimum atomic E-state index is -0.486. The van der Waals surface area contributed by atoms with Crippen LogP contribution in [0.25, 0.3) is 11.0 Å². The maximum atomic E-state index is 12.8. The van der Waals surface area contributed by atoms with Crippen molar-refractivity contribution in [3.8, 4) is 0 Å². The highest BCUT2D eigenvalue weighted by atomic mass is 16.6. The topological polar surface area (TPSA) is 59.8 Å². The highest BCUT2D eigenvalue weighted by Gasteiger charge is 2.23. The zero-order valence-corrected chi connectivity index (χ0v) is 16.9. The van der Waals surface area contributed by atoms with Crippen molar-refractivity contribution in [2.24, 2.45) is 0 Å². The van der Waals surface area contributed by atoms with E-state index in [1.807, 2.05) is 53.7 Å². The second kappa shape index (κ2) is 7.52. The molecule has 0 fully saturated rings. The summed E-state index contributed by atoms with van der Waals surface area (Å²) in [4.78, 5) is 26.2. The van der Waals surface area contributed by atoms with Crippen LogP contribution in [-0.4, -0.2) is 36.0 Å². The van der Waals surface area contributed by atoms with Crippen molar-refractivity contribution in [3.05, 3.63) is 34.6 Å². The molecule has 0 aliphatic heterocycles. The Morgan fingerprint density at radius 3 is 2.31 bits per heavy atom. The number of carbonyl (C=O) groups excluding carboxylic acids is 2. The number of hydrogen-bond donors (Lipinski definition) is 0. The maximum Gasteiger partial charge on any atom is 0.306 e. The van der Waals surface area contributed by atoms with Crippen LogP contribution in [-0.2, 0) is 9.53 Å². The van der Waals surface area contributed by atoms with Crippen LogP contribution < -0.4 is 0 Å². The van der Waals surface area contributed by atoms with Crippen molar-refractivity contribution in [3.63, 3.8) is 0 Å². The molecule has 0 atom stereocenters. The number of aryl methyl sites for hydroxylation is 3. The summed E-state index contributed by atoms with van der Waals surface area (Å²) in [6.45, 7) is 11.9. The summed E-state index contributed by atoms with van der Waals surface area (Å²) >= 11 is 0. The van der Waals surface area contributed by atoms with Gasteiger partial charge in [-0.1, -0.05) is 12.1 Å². The van der Waals surface area contributed by atoms with E-state index < -0.39 is 5.60 Å². The van der Waals surface area contributed by atoms with Crippen molar-refractivity contribution >= 4 is 22.8 Å². The minimum Gasteiger partial charge on any atom is -0.460 e. The summed E-state index contributed by atoms with van der Waals surface area (Å²) in [5.41, 5.74) is 3.26. The molecule has 1 aromatic heterocycles. The third kappa shape index (κ3) is 4.45. The second-order valence-corrected chi connectivity index (χ2v) is 7.88. The predicted molar refractivity (Wildman–Crippen MR) is 102 cm³/mol. The molecule has 5 heteroatoms. The van der Waals surface area contributed by atoms with E-state index >= 15 is 0 Å². The van der Waals surface area contributed by atoms with Gasteiger partial charge in [0.2, 0.25) is 0 Å². The Kier molecular flexibility index (Phi) is 5.79. The number of carbonyl (C=O) groups is 2. The van der Waals surface area contributed by atoms with E-state index in [9.17, 15) is 9.59 Å². The number of fused-ring (bicyclic) bond motifs is 1. The Morgan fingerprint density at radius 1 is 1.12 bits per heavy atom. The zero-order valence-electron chi connectivity index (χ0n) is 16.9. The smallest absolute Gasteiger partial charge is 0.306 e. The van der Waals surface area contributed by atoms with Gasteiger partial charge in [0.15, 0.2) is 5.76 Å². The van der Waals surface area contributed by atoms with E-state index in [1.54, 1.807) is 11.9 Å². The van der Waals surface area contributed by atoms with Gasteiger partial charge in [0, 0.05) is 31.0 Å². The van der Waals surface area contributed by atoms with Gasteiger partial charge in [-0.3, -0.25) is 9.59 Å². The van der Waals surface area contributed by atoms with Gasteiger partial charge in [-0.15, -0.1) is 0 Å². The lowest BCUT2D eigenvalue weighted by Gasteiger charge is -2.20. The Bertz CT molecular complexity index is 827. The molecule has 5 nitrogen and oxygen atoms in total. The standard InChI is InChI=1S/C21H29NO4/c1-13-10-11-14(2)18-17(13)15(3)19(25-18)20(24)22(7)12-8-9-16(23)26-21(4,5)6/h10-11H,8-9,12H2,1-7H3. The van der Waals surface area contributed by atoms with Gasteiger partial charge < -0.3 is 14.1 Å². The fourth-order valence-corrected chi connectivity index (χ4v) is 3.01. The van der Waals surface area contributed by atoms with Crippen LogP contribution in [0.4, 0.5) is 0 Å². The summed E-state index contributed by atoms with van der Waals surface area (Å²) < 4.78 is 11.2. The lowest BCUT2D eigenvalue weighted by atomic mass is 10.0. The molecule has 2 aromatic rings. The highest BCUT2D eigenvalue weighted by molar-refractivity contribution is 6.00. The molecule has 1 heterocycles. The summed E-state index contributed by atoms with van der Waals surface area (Å²) in [6.07, 6.45) is 0.834. The van der Waals surface area contributed by atoms with Gasteiger partial charge in [-0.25, -0.2) is 0 Å². The van der Waals surface area contributed by atoms with E-state index in [-0.39, 0.29) is 18.3 Å². The summed E-state index contributed by atoms with van der Waals surface area (Å²) in [5, 5.41) is 1.01. The van der Waals surface area contributed by atoms with E-state index in [1.165, 1.54) is 0 Å². The van der Waals surface area contributed by atoms with Crippen LogP contribution in [0.5, 0.6) is 0 Å². The molecule has 0 spiro atoms. The monoisotopic (exact) mass is 359 g/mol. The van der Waals surface area contributed by atoms with E-state index in [2.05, 4.69) is 0 Å². The van der Waals surface area contributed by atoms with Crippen LogP contribution in [0, 0.1) is 20.8 Å². The molecule has 0 bridgehead atoms. The lowest BCUT2D eigenvalue weighted by Crippen LogP contribution is -2.29. The van der Waals surface area contributed by atoms with Crippen molar-refractivity contribution in [1.29, 1.82) is 0 Å². The number of amides is 1. The SMILES string of the molecule is Cc1ccc(C)c2c(C)c(C(=O)N(C)CCCC(=O)OC(C)(C)C)oc12. The third-order valence-corrected chi connectivity index (χ3v) is 4.32. The second-order valence-electron chi connectivity index (χ2n) is 7.88. The van der Waals surface area contributed by atoms with Crippen molar-refractivity contribution in [1.82, 2.24) is 4.90 Å². The van der Waals surface area contributed by atoms with Crippen molar-refractivity contribution in [2.45, 2.75) is 60.0 Å². The zero-order chi connectivity index (χ0) is 19.6. The Morgan fingerprint density at radius 2 is 1.73 bits per heavy atom. The Balaban J connectivity index is 2.06. The largest absolute Gasteiger partial charge is 0.460 e. The van der Waals surface area contributed by atoms with Crippen molar-refractivity contribution in [2.75, 3.05) is 13.6 Å². The van der Waals surface area contributed by atoms with E-state index in [0.717, 1.165) is 27.7 Å². The molecule has 0 aliphatic rings. The van der Waals surface area contributed by atoms with E-state index in [4.69, 9.17) is 9.15 Å². The van der Waals surface area contributed by atoms with Gasteiger partial charge in [0.1, 0.15) is 11.2 Å². The fraction of sp³-hybridized carbons (Fsp3) is 0.524. The molecular formula is C21H29NO4.